The minimum Gasteiger partial charge on any atom is -0.478 e. The van der Waals surface area contributed by atoms with Crippen LogP contribution in [-0.4, -0.2) is 54.6 Å². The van der Waals surface area contributed by atoms with Gasteiger partial charge in [-0.15, -0.1) is 0 Å². The lowest BCUT2D eigenvalue weighted by Crippen LogP contribution is -2.35. The molecule has 1 fully saturated rings. The van der Waals surface area contributed by atoms with E-state index in [0.717, 1.165) is 38.2 Å². The number of hydrogen-bond donors (Lipinski definition) is 3. The van der Waals surface area contributed by atoms with Gasteiger partial charge in [0.25, 0.3) is 0 Å². The summed E-state index contributed by atoms with van der Waals surface area (Å²) in [5.74, 6) is -1.21. The minimum atomic E-state index is -1.03. The quantitative estimate of drug-likeness (QED) is 0.769. The number of nitrogens with one attached hydrogen (secondary N) is 2. The summed E-state index contributed by atoms with van der Waals surface area (Å²) >= 11 is 0. The van der Waals surface area contributed by atoms with Gasteiger partial charge in [0.2, 0.25) is 5.91 Å². The van der Waals surface area contributed by atoms with Crippen molar-refractivity contribution in [1.82, 2.24) is 10.2 Å². The van der Waals surface area contributed by atoms with Gasteiger partial charge < -0.3 is 15.7 Å². The predicted molar refractivity (Wildman–Crippen MR) is 80.7 cm³/mol. The molecule has 1 aliphatic heterocycles. The maximum atomic E-state index is 12.1. The molecule has 1 aromatic carbocycles. The number of aromatic carboxylic acids is 1. The van der Waals surface area contributed by atoms with Gasteiger partial charge in [0, 0.05) is 13.1 Å². The van der Waals surface area contributed by atoms with Gasteiger partial charge in [-0.1, -0.05) is 11.6 Å². The first kappa shape index (κ1) is 15.5. The number of carbonyl (C=O) groups is 2. The standard InChI is InChI=1S/C15H21N3O3/c1-11-3-4-13(12(9-11)15(20)21)17-14(19)10-18-7-2-5-16-6-8-18/h3-4,9,16H,2,5-8,10H2,1H3,(H,17,19)(H,20,21). The van der Waals surface area contributed by atoms with Gasteiger partial charge in [-0.3, -0.25) is 9.69 Å². The van der Waals surface area contributed by atoms with Crippen molar-refractivity contribution in [3.05, 3.63) is 29.3 Å². The normalized spacial score (nSPS) is 16.2. The van der Waals surface area contributed by atoms with E-state index in [1.165, 1.54) is 0 Å². The van der Waals surface area contributed by atoms with Crippen molar-refractivity contribution in [2.24, 2.45) is 0 Å². The number of nitrogens with zero attached hydrogens (tertiary/aromatic N) is 1. The molecule has 6 heteroatoms. The van der Waals surface area contributed by atoms with Gasteiger partial charge in [-0.05, 0) is 38.6 Å². The van der Waals surface area contributed by atoms with Gasteiger partial charge in [-0.25, -0.2) is 4.79 Å². The van der Waals surface area contributed by atoms with E-state index < -0.39 is 5.97 Å². The zero-order valence-corrected chi connectivity index (χ0v) is 12.2. The summed E-state index contributed by atoms with van der Waals surface area (Å²) in [5, 5.41) is 15.2. The lowest BCUT2D eigenvalue weighted by atomic mass is 10.1. The third-order valence-corrected chi connectivity index (χ3v) is 3.48. The van der Waals surface area contributed by atoms with Gasteiger partial charge in [0.05, 0.1) is 17.8 Å². The smallest absolute Gasteiger partial charge is 0.337 e. The van der Waals surface area contributed by atoms with Crippen LogP contribution in [0.3, 0.4) is 0 Å². The molecule has 114 valence electrons. The van der Waals surface area contributed by atoms with E-state index >= 15 is 0 Å². The average molecular weight is 291 g/mol. The fraction of sp³-hybridized carbons (Fsp3) is 0.467. The Kier molecular flexibility index (Phi) is 5.30. The van der Waals surface area contributed by atoms with Crippen LogP contribution in [-0.2, 0) is 4.79 Å². The van der Waals surface area contributed by atoms with Crippen molar-refractivity contribution < 1.29 is 14.7 Å². The summed E-state index contributed by atoms with van der Waals surface area (Å²) < 4.78 is 0. The molecule has 0 unspecified atom stereocenters. The number of hydrogen-bond acceptors (Lipinski definition) is 4. The Morgan fingerprint density at radius 2 is 2.14 bits per heavy atom. The molecule has 0 aromatic heterocycles. The topological polar surface area (TPSA) is 81.7 Å². The molecule has 0 bridgehead atoms. The van der Waals surface area contributed by atoms with Crippen LogP contribution in [0.2, 0.25) is 0 Å². The van der Waals surface area contributed by atoms with Crippen LogP contribution in [0.1, 0.15) is 22.3 Å². The molecule has 0 radical (unpaired) electrons. The molecule has 1 heterocycles. The van der Waals surface area contributed by atoms with Gasteiger partial charge in [0.15, 0.2) is 0 Å². The highest BCUT2D eigenvalue weighted by Gasteiger charge is 2.16. The SMILES string of the molecule is Cc1ccc(NC(=O)CN2CCCNCC2)c(C(=O)O)c1. The number of rotatable bonds is 4. The first-order chi connectivity index (χ1) is 10.1. The second-order valence-electron chi connectivity index (χ2n) is 5.28. The van der Waals surface area contributed by atoms with Crippen molar-refractivity contribution in [2.45, 2.75) is 13.3 Å². The van der Waals surface area contributed by atoms with Crippen molar-refractivity contribution in [3.63, 3.8) is 0 Å². The molecule has 1 aromatic rings. The fourth-order valence-corrected chi connectivity index (χ4v) is 2.40. The first-order valence-electron chi connectivity index (χ1n) is 7.13. The van der Waals surface area contributed by atoms with E-state index in [0.29, 0.717) is 5.69 Å². The van der Waals surface area contributed by atoms with E-state index in [4.69, 9.17) is 0 Å². The van der Waals surface area contributed by atoms with Crippen LogP contribution in [0.4, 0.5) is 5.69 Å². The number of aryl methyl sites for hydroxylation is 1. The van der Waals surface area contributed by atoms with Gasteiger partial charge in [-0.2, -0.15) is 0 Å². The second-order valence-corrected chi connectivity index (χ2v) is 5.28. The molecule has 2 rings (SSSR count). The third-order valence-electron chi connectivity index (χ3n) is 3.48. The maximum absolute atomic E-state index is 12.1. The highest BCUT2D eigenvalue weighted by atomic mass is 16.4. The predicted octanol–water partition coefficient (Wildman–Crippen LogP) is 0.927. The van der Waals surface area contributed by atoms with E-state index in [2.05, 4.69) is 15.5 Å². The molecule has 6 nitrogen and oxygen atoms in total. The van der Waals surface area contributed by atoms with Crippen LogP contribution in [0, 0.1) is 6.92 Å². The Labute approximate surface area is 124 Å². The fourth-order valence-electron chi connectivity index (χ4n) is 2.40. The summed E-state index contributed by atoms with van der Waals surface area (Å²) in [7, 11) is 0. The van der Waals surface area contributed by atoms with Crippen molar-refractivity contribution in [1.29, 1.82) is 0 Å². The van der Waals surface area contributed by atoms with E-state index in [-0.39, 0.29) is 18.0 Å². The molecule has 21 heavy (non-hydrogen) atoms. The van der Waals surface area contributed by atoms with Crippen LogP contribution in [0.15, 0.2) is 18.2 Å². The summed E-state index contributed by atoms with van der Waals surface area (Å²) in [6.45, 7) is 5.65. The summed E-state index contributed by atoms with van der Waals surface area (Å²) in [4.78, 5) is 25.4. The Hall–Kier alpha value is -1.92. The number of carbonyl (C=O) groups excluding carboxylic acids is 1. The Balaban J connectivity index is 2.00. The van der Waals surface area contributed by atoms with Crippen molar-refractivity contribution in [2.75, 3.05) is 38.0 Å². The first-order valence-corrected chi connectivity index (χ1v) is 7.13. The number of carboxylic acid groups (broad SMARTS) is 1. The largest absolute Gasteiger partial charge is 0.478 e. The number of amides is 1. The second kappa shape index (κ2) is 7.19. The molecule has 0 saturated carbocycles. The lowest BCUT2D eigenvalue weighted by Gasteiger charge is -2.19. The molecular formula is C15H21N3O3. The molecule has 1 saturated heterocycles. The number of carboxylic acids is 1. The van der Waals surface area contributed by atoms with E-state index in [9.17, 15) is 14.7 Å². The van der Waals surface area contributed by atoms with E-state index in [1.54, 1.807) is 18.2 Å². The molecule has 0 atom stereocenters. The molecule has 3 N–H and O–H groups in total. The lowest BCUT2D eigenvalue weighted by molar-refractivity contribution is -0.117. The van der Waals surface area contributed by atoms with Gasteiger partial charge in [0.1, 0.15) is 0 Å². The Morgan fingerprint density at radius 3 is 2.90 bits per heavy atom. The monoisotopic (exact) mass is 291 g/mol. The highest BCUT2D eigenvalue weighted by molar-refractivity contribution is 6.01. The van der Waals surface area contributed by atoms with Crippen molar-refractivity contribution >= 4 is 17.6 Å². The van der Waals surface area contributed by atoms with Crippen LogP contribution in [0.25, 0.3) is 0 Å². The highest BCUT2D eigenvalue weighted by Crippen LogP contribution is 2.17. The number of anilines is 1. The minimum absolute atomic E-state index is 0.126. The molecule has 1 amide bonds. The molecule has 0 aliphatic carbocycles. The Bertz CT molecular complexity index is 523. The average Bonchev–Trinajstić information content (AvgIpc) is 2.69. The maximum Gasteiger partial charge on any atom is 0.337 e. The number of benzene rings is 1. The molecular weight excluding hydrogens is 270 g/mol. The zero-order valence-electron chi connectivity index (χ0n) is 12.2. The van der Waals surface area contributed by atoms with Crippen LogP contribution < -0.4 is 10.6 Å². The molecule has 0 spiro atoms. The summed E-state index contributed by atoms with van der Waals surface area (Å²) in [6, 6.07) is 4.99. The van der Waals surface area contributed by atoms with Crippen LogP contribution >= 0.6 is 0 Å². The Morgan fingerprint density at radius 1 is 1.33 bits per heavy atom. The summed E-state index contributed by atoms with van der Waals surface area (Å²) in [5.41, 5.74) is 1.33. The van der Waals surface area contributed by atoms with Crippen LogP contribution in [0.5, 0.6) is 0 Å². The van der Waals surface area contributed by atoms with Crippen molar-refractivity contribution in [3.8, 4) is 0 Å². The zero-order chi connectivity index (χ0) is 15.2. The molecule has 1 aliphatic rings. The summed E-state index contributed by atoms with van der Waals surface area (Å²) in [6.07, 6.45) is 1.01. The van der Waals surface area contributed by atoms with Gasteiger partial charge >= 0.3 is 5.97 Å². The third kappa shape index (κ3) is 4.54. The van der Waals surface area contributed by atoms with E-state index in [1.807, 2.05) is 6.92 Å².